The Labute approximate surface area is 107 Å². The van der Waals surface area contributed by atoms with Gasteiger partial charge >= 0.3 is 11.9 Å². The van der Waals surface area contributed by atoms with Crippen molar-refractivity contribution in [2.75, 3.05) is 27.4 Å². The van der Waals surface area contributed by atoms with Crippen LogP contribution in [0.4, 0.5) is 0 Å². The van der Waals surface area contributed by atoms with Crippen molar-refractivity contribution in [3.8, 4) is 0 Å². The minimum atomic E-state index is -1.27. The fourth-order valence-corrected chi connectivity index (χ4v) is 1.59. The number of esters is 2. The molecule has 1 fully saturated rings. The van der Waals surface area contributed by atoms with E-state index in [1.807, 2.05) is 13.8 Å². The van der Waals surface area contributed by atoms with Crippen molar-refractivity contribution in [3.63, 3.8) is 0 Å². The van der Waals surface area contributed by atoms with Crippen molar-refractivity contribution in [2.45, 2.75) is 32.5 Å². The van der Waals surface area contributed by atoms with Crippen molar-refractivity contribution in [1.29, 1.82) is 0 Å². The molecular weight excluding hydrogens is 240 g/mol. The summed E-state index contributed by atoms with van der Waals surface area (Å²) in [5, 5.41) is 0. The van der Waals surface area contributed by atoms with E-state index in [9.17, 15) is 9.59 Å². The molecule has 0 saturated carbocycles. The van der Waals surface area contributed by atoms with Gasteiger partial charge in [0, 0.05) is 5.41 Å². The van der Waals surface area contributed by atoms with Gasteiger partial charge in [-0.05, 0) is 0 Å². The first-order valence-electron chi connectivity index (χ1n) is 5.74. The smallest absolute Gasteiger partial charge is 0.311 e. The number of hydrogen-bond acceptors (Lipinski definition) is 6. The Bertz CT molecular complexity index is 293. The van der Waals surface area contributed by atoms with Gasteiger partial charge in [-0.15, -0.1) is 0 Å². The van der Waals surface area contributed by atoms with Crippen molar-refractivity contribution in [3.05, 3.63) is 0 Å². The molecule has 0 atom stereocenters. The van der Waals surface area contributed by atoms with Crippen LogP contribution in [0.1, 0.15) is 26.7 Å². The highest BCUT2D eigenvalue weighted by atomic mass is 16.7. The molecule has 1 rings (SSSR count). The van der Waals surface area contributed by atoms with Gasteiger partial charge < -0.3 is 18.9 Å². The molecule has 6 heteroatoms. The van der Waals surface area contributed by atoms with E-state index >= 15 is 0 Å². The second-order valence-corrected chi connectivity index (χ2v) is 5.16. The molecule has 0 N–H and O–H groups in total. The second kappa shape index (κ2) is 5.67. The molecule has 18 heavy (non-hydrogen) atoms. The van der Waals surface area contributed by atoms with Gasteiger partial charge in [0.05, 0.1) is 27.4 Å². The van der Waals surface area contributed by atoms with E-state index in [1.54, 1.807) is 0 Å². The maximum Gasteiger partial charge on any atom is 0.311 e. The van der Waals surface area contributed by atoms with E-state index in [-0.39, 0.29) is 18.3 Å². The van der Waals surface area contributed by atoms with E-state index in [0.29, 0.717) is 13.2 Å². The maximum absolute atomic E-state index is 11.4. The number of hydrogen-bond donors (Lipinski definition) is 0. The number of carbonyl (C=O) groups is 2. The first-order valence-corrected chi connectivity index (χ1v) is 5.74. The van der Waals surface area contributed by atoms with Crippen LogP contribution < -0.4 is 0 Å². The Hall–Kier alpha value is -1.14. The predicted molar refractivity (Wildman–Crippen MR) is 61.7 cm³/mol. The van der Waals surface area contributed by atoms with Gasteiger partial charge in [0.1, 0.15) is 12.8 Å². The molecule has 1 heterocycles. The lowest BCUT2D eigenvalue weighted by molar-refractivity contribution is -0.301. The Morgan fingerprint density at radius 2 is 1.39 bits per heavy atom. The minimum Gasteiger partial charge on any atom is -0.469 e. The number of rotatable bonds is 4. The summed E-state index contributed by atoms with van der Waals surface area (Å²) in [6, 6.07) is 0. The van der Waals surface area contributed by atoms with Crippen LogP contribution in [0.3, 0.4) is 0 Å². The normalized spacial score (nSPS) is 21.1. The van der Waals surface area contributed by atoms with Crippen LogP contribution in [-0.2, 0) is 28.5 Å². The highest BCUT2D eigenvalue weighted by Crippen LogP contribution is 2.34. The van der Waals surface area contributed by atoms with Crippen LogP contribution in [0, 0.1) is 5.41 Å². The predicted octanol–water partition coefficient (Wildman–Crippen LogP) is 0.882. The Balaban J connectivity index is 2.76. The molecule has 0 unspecified atom stereocenters. The SMILES string of the molecule is COC(=O)CC1(CC(=O)OC)OCC(C)(C)CO1. The van der Waals surface area contributed by atoms with Gasteiger partial charge in [0.25, 0.3) is 0 Å². The van der Waals surface area contributed by atoms with Crippen molar-refractivity contribution in [1.82, 2.24) is 0 Å². The summed E-state index contributed by atoms with van der Waals surface area (Å²) in [5.74, 6) is -2.24. The van der Waals surface area contributed by atoms with Gasteiger partial charge in [-0.25, -0.2) is 0 Å². The standard InChI is InChI=1S/C12H20O6/c1-11(2)7-17-12(18-8-11,5-9(13)15-3)6-10(14)16-4/h5-8H2,1-4H3. The van der Waals surface area contributed by atoms with Crippen LogP contribution in [-0.4, -0.2) is 45.2 Å². The summed E-state index contributed by atoms with van der Waals surface area (Å²) >= 11 is 0. The summed E-state index contributed by atoms with van der Waals surface area (Å²) in [7, 11) is 2.56. The second-order valence-electron chi connectivity index (χ2n) is 5.16. The van der Waals surface area contributed by atoms with Crippen LogP contribution in [0.2, 0.25) is 0 Å². The van der Waals surface area contributed by atoms with Gasteiger partial charge in [-0.3, -0.25) is 9.59 Å². The quantitative estimate of drug-likeness (QED) is 0.699. The molecule has 0 amide bonds. The van der Waals surface area contributed by atoms with Crippen molar-refractivity contribution < 1.29 is 28.5 Å². The third kappa shape index (κ3) is 3.96. The molecule has 0 spiro atoms. The number of carbonyl (C=O) groups excluding carboxylic acids is 2. The van der Waals surface area contributed by atoms with Gasteiger partial charge in [-0.2, -0.15) is 0 Å². The molecular formula is C12H20O6. The fourth-order valence-electron chi connectivity index (χ4n) is 1.59. The Morgan fingerprint density at radius 3 is 1.72 bits per heavy atom. The van der Waals surface area contributed by atoms with E-state index in [4.69, 9.17) is 9.47 Å². The van der Waals surface area contributed by atoms with E-state index in [0.717, 1.165) is 0 Å². The molecule has 0 aromatic carbocycles. The molecule has 0 aliphatic carbocycles. The molecule has 0 bridgehead atoms. The Morgan fingerprint density at radius 1 is 1.00 bits per heavy atom. The number of ether oxygens (including phenoxy) is 4. The lowest BCUT2D eigenvalue weighted by Crippen LogP contribution is -2.50. The molecule has 104 valence electrons. The molecule has 0 radical (unpaired) electrons. The summed E-state index contributed by atoms with van der Waals surface area (Å²) in [5.41, 5.74) is -0.143. The molecule has 1 aliphatic rings. The molecule has 0 aromatic heterocycles. The third-order valence-corrected chi connectivity index (χ3v) is 2.73. The minimum absolute atomic E-state index is 0.130. The third-order valence-electron chi connectivity index (χ3n) is 2.73. The zero-order valence-corrected chi connectivity index (χ0v) is 11.3. The zero-order valence-electron chi connectivity index (χ0n) is 11.3. The average Bonchev–Trinajstić information content (AvgIpc) is 2.33. The van der Waals surface area contributed by atoms with Crippen LogP contribution in [0.15, 0.2) is 0 Å². The van der Waals surface area contributed by atoms with Crippen molar-refractivity contribution >= 4 is 11.9 Å². The summed E-state index contributed by atoms with van der Waals surface area (Å²) < 4.78 is 20.4. The van der Waals surface area contributed by atoms with E-state index < -0.39 is 17.7 Å². The van der Waals surface area contributed by atoms with Gasteiger partial charge in [-0.1, -0.05) is 13.8 Å². The first-order chi connectivity index (χ1) is 8.32. The van der Waals surface area contributed by atoms with E-state index in [1.165, 1.54) is 14.2 Å². The van der Waals surface area contributed by atoms with Crippen LogP contribution in [0.25, 0.3) is 0 Å². The van der Waals surface area contributed by atoms with Crippen LogP contribution in [0.5, 0.6) is 0 Å². The zero-order chi connectivity index (χ0) is 13.8. The molecule has 6 nitrogen and oxygen atoms in total. The summed E-state index contributed by atoms with van der Waals surface area (Å²) in [6.45, 7) is 4.77. The van der Waals surface area contributed by atoms with Gasteiger partial charge in [0.15, 0.2) is 5.79 Å². The van der Waals surface area contributed by atoms with Gasteiger partial charge in [0.2, 0.25) is 0 Å². The highest BCUT2D eigenvalue weighted by molar-refractivity contribution is 5.74. The molecule has 1 aliphatic heterocycles. The molecule has 0 aromatic rings. The van der Waals surface area contributed by atoms with E-state index in [2.05, 4.69) is 9.47 Å². The first kappa shape index (κ1) is 14.9. The largest absolute Gasteiger partial charge is 0.469 e. The lowest BCUT2D eigenvalue weighted by atomic mass is 9.93. The van der Waals surface area contributed by atoms with Crippen molar-refractivity contribution in [2.24, 2.45) is 5.41 Å². The summed E-state index contributed by atoms with van der Waals surface area (Å²) in [4.78, 5) is 22.8. The maximum atomic E-state index is 11.4. The lowest BCUT2D eigenvalue weighted by Gasteiger charge is -2.42. The number of methoxy groups -OCH3 is 2. The Kier molecular flexibility index (Phi) is 4.70. The monoisotopic (exact) mass is 260 g/mol. The fraction of sp³-hybridized carbons (Fsp3) is 0.833. The molecule has 1 saturated heterocycles. The van der Waals surface area contributed by atoms with Crippen LogP contribution >= 0.6 is 0 Å². The summed E-state index contributed by atoms with van der Waals surface area (Å²) in [6.07, 6.45) is -0.261. The highest BCUT2D eigenvalue weighted by Gasteiger charge is 2.44. The topological polar surface area (TPSA) is 71.1 Å². The average molecular weight is 260 g/mol.